The second-order valence-electron chi connectivity index (χ2n) is 4.33. The van der Waals surface area contributed by atoms with Gasteiger partial charge in [-0.1, -0.05) is 12.1 Å². The van der Waals surface area contributed by atoms with Crippen molar-refractivity contribution in [3.63, 3.8) is 0 Å². The molecule has 6 heteroatoms. The molecule has 1 aromatic carbocycles. The number of hydrogen-bond acceptors (Lipinski definition) is 3. The summed E-state index contributed by atoms with van der Waals surface area (Å²) in [5.74, 6) is -0.651. The van der Waals surface area contributed by atoms with Gasteiger partial charge in [0.05, 0.1) is 11.9 Å². The highest BCUT2D eigenvalue weighted by atomic mass is 19.1. The molecule has 5 nitrogen and oxygen atoms in total. The number of rotatable bonds is 5. The van der Waals surface area contributed by atoms with Crippen LogP contribution >= 0.6 is 0 Å². The van der Waals surface area contributed by atoms with Crippen LogP contribution in [0.5, 0.6) is 0 Å². The quantitative estimate of drug-likeness (QED) is 0.856. The fourth-order valence-corrected chi connectivity index (χ4v) is 1.72. The van der Waals surface area contributed by atoms with Gasteiger partial charge in [0.25, 0.3) is 0 Å². The summed E-state index contributed by atoms with van der Waals surface area (Å²) < 4.78 is 14.6. The van der Waals surface area contributed by atoms with Gasteiger partial charge in [0.15, 0.2) is 0 Å². The summed E-state index contributed by atoms with van der Waals surface area (Å²) in [6.45, 7) is 2.34. The highest BCUT2D eigenvalue weighted by Crippen LogP contribution is 2.12. The van der Waals surface area contributed by atoms with E-state index in [9.17, 15) is 9.18 Å². The Bertz CT molecular complexity index is 594. The first-order valence-corrected chi connectivity index (χ1v) is 5.84. The molecule has 1 amide bonds. The average molecular weight is 262 g/mol. The molecule has 0 spiro atoms. The highest BCUT2D eigenvalue weighted by Gasteiger charge is 2.02. The smallest absolute Gasteiger partial charge is 0.239 e. The van der Waals surface area contributed by atoms with Gasteiger partial charge in [-0.2, -0.15) is 5.10 Å². The Morgan fingerprint density at radius 2 is 2.32 bits per heavy atom. The van der Waals surface area contributed by atoms with Crippen LogP contribution < -0.4 is 11.1 Å². The van der Waals surface area contributed by atoms with E-state index in [1.165, 1.54) is 10.7 Å². The van der Waals surface area contributed by atoms with Crippen molar-refractivity contribution in [3.8, 4) is 0 Å². The van der Waals surface area contributed by atoms with Crippen LogP contribution in [0.4, 0.5) is 10.1 Å². The van der Waals surface area contributed by atoms with Gasteiger partial charge >= 0.3 is 0 Å². The minimum Gasteiger partial charge on any atom is -0.378 e. The number of anilines is 1. The Hall–Kier alpha value is -2.37. The maximum Gasteiger partial charge on any atom is 0.239 e. The van der Waals surface area contributed by atoms with E-state index >= 15 is 0 Å². The molecule has 0 bridgehead atoms. The van der Waals surface area contributed by atoms with Crippen LogP contribution in [-0.4, -0.2) is 15.7 Å². The minimum absolute atomic E-state index is 0.0529. The second kappa shape index (κ2) is 5.51. The first-order valence-electron chi connectivity index (χ1n) is 5.84. The number of nitrogens with two attached hydrogens (primary N) is 1. The molecule has 0 saturated heterocycles. The maximum atomic E-state index is 13.1. The highest BCUT2D eigenvalue weighted by molar-refractivity contribution is 5.73. The predicted octanol–water partition coefficient (Wildman–Crippen LogP) is 1.43. The molecule has 2 rings (SSSR count). The van der Waals surface area contributed by atoms with Gasteiger partial charge in [-0.3, -0.25) is 9.48 Å². The lowest BCUT2D eigenvalue weighted by atomic mass is 10.1. The largest absolute Gasteiger partial charge is 0.378 e. The van der Waals surface area contributed by atoms with Crippen LogP contribution in [0.2, 0.25) is 0 Å². The molecular weight excluding hydrogens is 247 g/mol. The molecule has 1 aromatic heterocycles. The number of aryl methyl sites for hydroxylation is 1. The number of hydrogen-bond donors (Lipinski definition) is 2. The van der Waals surface area contributed by atoms with Gasteiger partial charge in [-0.05, 0) is 24.1 Å². The molecule has 0 aliphatic rings. The van der Waals surface area contributed by atoms with E-state index in [0.717, 1.165) is 11.3 Å². The van der Waals surface area contributed by atoms with E-state index < -0.39 is 5.91 Å². The topological polar surface area (TPSA) is 72.9 Å². The van der Waals surface area contributed by atoms with Crippen LogP contribution in [0.3, 0.4) is 0 Å². The van der Waals surface area contributed by atoms with E-state index in [0.29, 0.717) is 12.1 Å². The molecule has 0 aliphatic heterocycles. The number of halogens is 1. The molecule has 19 heavy (non-hydrogen) atoms. The minimum atomic E-state index is -0.441. The number of aromatic nitrogens is 2. The van der Waals surface area contributed by atoms with Gasteiger partial charge in [-0.15, -0.1) is 0 Å². The normalized spacial score (nSPS) is 10.4. The van der Waals surface area contributed by atoms with Crippen molar-refractivity contribution in [2.45, 2.75) is 20.0 Å². The van der Waals surface area contributed by atoms with Crippen molar-refractivity contribution >= 4 is 11.6 Å². The number of carbonyl (C=O) groups excluding carboxylic acids is 1. The monoisotopic (exact) mass is 262 g/mol. The summed E-state index contributed by atoms with van der Waals surface area (Å²) in [6, 6.07) is 4.96. The number of carbonyl (C=O) groups is 1. The zero-order chi connectivity index (χ0) is 13.8. The molecule has 2 aromatic rings. The number of benzene rings is 1. The van der Waals surface area contributed by atoms with Gasteiger partial charge in [0.2, 0.25) is 5.91 Å². The van der Waals surface area contributed by atoms with E-state index in [-0.39, 0.29) is 12.4 Å². The molecule has 0 atom stereocenters. The van der Waals surface area contributed by atoms with Crippen molar-refractivity contribution in [3.05, 3.63) is 47.5 Å². The number of nitrogens with zero attached hydrogens (tertiary/aromatic N) is 2. The number of nitrogens with one attached hydrogen (secondary N) is 1. The Morgan fingerprint density at radius 3 is 3.00 bits per heavy atom. The third-order valence-corrected chi connectivity index (χ3v) is 2.67. The van der Waals surface area contributed by atoms with Crippen molar-refractivity contribution in [2.24, 2.45) is 5.73 Å². The zero-order valence-corrected chi connectivity index (χ0v) is 10.6. The van der Waals surface area contributed by atoms with Gasteiger partial charge in [0, 0.05) is 12.7 Å². The van der Waals surface area contributed by atoms with Crippen LogP contribution in [0.1, 0.15) is 11.1 Å². The first-order chi connectivity index (χ1) is 9.04. The molecule has 0 fully saturated rings. The van der Waals surface area contributed by atoms with E-state index in [1.54, 1.807) is 31.5 Å². The van der Waals surface area contributed by atoms with Gasteiger partial charge < -0.3 is 11.1 Å². The number of amides is 1. The summed E-state index contributed by atoms with van der Waals surface area (Å²) in [4.78, 5) is 10.7. The SMILES string of the molecule is Cc1cc(CNc2cnn(CC(N)=O)c2)ccc1F. The average Bonchev–Trinajstić information content (AvgIpc) is 2.77. The third-order valence-electron chi connectivity index (χ3n) is 2.67. The lowest BCUT2D eigenvalue weighted by Crippen LogP contribution is -2.18. The van der Waals surface area contributed by atoms with E-state index in [2.05, 4.69) is 10.4 Å². The van der Waals surface area contributed by atoms with Crippen molar-refractivity contribution in [1.82, 2.24) is 9.78 Å². The molecule has 1 heterocycles. The Kier molecular flexibility index (Phi) is 3.79. The van der Waals surface area contributed by atoms with Crippen molar-refractivity contribution in [1.29, 1.82) is 0 Å². The van der Waals surface area contributed by atoms with Gasteiger partial charge in [0.1, 0.15) is 12.4 Å². The molecule has 0 radical (unpaired) electrons. The fourth-order valence-electron chi connectivity index (χ4n) is 1.72. The third kappa shape index (κ3) is 3.54. The molecule has 3 N–H and O–H groups in total. The van der Waals surface area contributed by atoms with Crippen LogP contribution in [0.25, 0.3) is 0 Å². The Labute approximate surface area is 110 Å². The van der Waals surface area contributed by atoms with Crippen LogP contribution in [0.15, 0.2) is 30.6 Å². The molecule has 0 unspecified atom stereocenters. The van der Waals surface area contributed by atoms with Crippen LogP contribution in [0, 0.1) is 12.7 Å². The standard InChI is InChI=1S/C13H15FN4O/c1-9-4-10(2-3-12(9)14)5-16-11-6-17-18(7-11)8-13(15)19/h2-4,6-7,16H,5,8H2,1H3,(H2,15,19). The van der Waals surface area contributed by atoms with Gasteiger partial charge in [-0.25, -0.2) is 4.39 Å². The second-order valence-corrected chi connectivity index (χ2v) is 4.33. The van der Waals surface area contributed by atoms with Crippen molar-refractivity contribution < 1.29 is 9.18 Å². The maximum absolute atomic E-state index is 13.1. The molecule has 0 saturated carbocycles. The summed E-state index contributed by atoms with van der Waals surface area (Å²) in [6.07, 6.45) is 3.31. The summed E-state index contributed by atoms with van der Waals surface area (Å²) >= 11 is 0. The lowest BCUT2D eigenvalue weighted by molar-refractivity contribution is -0.118. The van der Waals surface area contributed by atoms with E-state index in [4.69, 9.17) is 5.73 Å². The Morgan fingerprint density at radius 1 is 1.53 bits per heavy atom. The summed E-state index contributed by atoms with van der Waals surface area (Å²) in [5.41, 5.74) is 7.44. The lowest BCUT2D eigenvalue weighted by Gasteiger charge is -2.05. The van der Waals surface area contributed by atoms with E-state index in [1.807, 2.05) is 0 Å². The Balaban J connectivity index is 1.96. The van der Waals surface area contributed by atoms with Crippen LogP contribution in [-0.2, 0) is 17.9 Å². The fraction of sp³-hybridized carbons (Fsp3) is 0.231. The zero-order valence-electron chi connectivity index (χ0n) is 10.6. The summed E-state index contributed by atoms with van der Waals surface area (Å²) in [7, 11) is 0. The number of primary amides is 1. The van der Waals surface area contributed by atoms with Crippen molar-refractivity contribution in [2.75, 3.05) is 5.32 Å². The predicted molar refractivity (Wildman–Crippen MR) is 69.9 cm³/mol. The molecule has 100 valence electrons. The molecule has 0 aliphatic carbocycles. The first kappa shape index (κ1) is 13.1. The summed E-state index contributed by atoms with van der Waals surface area (Å²) in [5, 5.41) is 7.14. The molecular formula is C13H15FN4O.